The third kappa shape index (κ3) is 1.93. The highest BCUT2D eigenvalue weighted by Crippen LogP contribution is 2.59. The van der Waals surface area contributed by atoms with Crippen LogP contribution in [0.2, 0.25) is 0 Å². The van der Waals surface area contributed by atoms with Crippen molar-refractivity contribution in [3.8, 4) is 0 Å². The van der Waals surface area contributed by atoms with Gasteiger partial charge in [-0.2, -0.15) is 0 Å². The summed E-state index contributed by atoms with van der Waals surface area (Å²) in [5, 5.41) is 0. The van der Waals surface area contributed by atoms with E-state index in [1.54, 1.807) is 0 Å². The summed E-state index contributed by atoms with van der Waals surface area (Å²) in [5.74, 6) is 0.702. The summed E-state index contributed by atoms with van der Waals surface area (Å²) >= 11 is 0. The van der Waals surface area contributed by atoms with Crippen molar-refractivity contribution in [2.24, 2.45) is 5.41 Å². The summed E-state index contributed by atoms with van der Waals surface area (Å²) in [6.07, 6.45) is 0.979. The van der Waals surface area contributed by atoms with Crippen LogP contribution in [0, 0.1) is 5.41 Å². The van der Waals surface area contributed by atoms with Gasteiger partial charge in [-0.15, -0.1) is 0 Å². The average Bonchev–Trinajstić information content (AvgIpc) is 3.14. The molecule has 1 aliphatic heterocycles. The Hall–Kier alpha value is -1.35. The number of rotatable bonds is 2. The second-order valence-corrected chi connectivity index (χ2v) is 5.49. The lowest BCUT2D eigenvalue weighted by molar-refractivity contribution is -0.140. The van der Waals surface area contributed by atoms with Gasteiger partial charge in [-0.05, 0) is 17.9 Å². The molecular formula is C15H19NO2. The predicted molar refractivity (Wildman–Crippen MR) is 69.3 cm³/mol. The zero-order valence-corrected chi connectivity index (χ0v) is 10.8. The van der Waals surface area contributed by atoms with E-state index in [9.17, 15) is 4.79 Å². The van der Waals surface area contributed by atoms with E-state index < -0.39 is 0 Å². The molecular weight excluding hydrogens is 226 g/mol. The Labute approximate surface area is 108 Å². The van der Waals surface area contributed by atoms with Gasteiger partial charge >= 0.3 is 0 Å². The molecule has 3 rings (SSSR count). The van der Waals surface area contributed by atoms with Gasteiger partial charge in [0.05, 0.1) is 18.6 Å². The molecule has 1 aromatic rings. The molecule has 0 bridgehead atoms. The summed E-state index contributed by atoms with van der Waals surface area (Å²) in [5.41, 5.74) is 1.11. The van der Waals surface area contributed by atoms with E-state index in [-0.39, 0.29) is 5.41 Å². The molecule has 0 unspecified atom stereocenters. The number of benzene rings is 1. The molecule has 2 atom stereocenters. The van der Waals surface area contributed by atoms with Crippen LogP contribution in [0.15, 0.2) is 30.3 Å². The molecule has 1 saturated heterocycles. The number of nitrogens with zero attached hydrogens (tertiary/aromatic N) is 1. The van der Waals surface area contributed by atoms with E-state index in [0.717, 1.165) is 19.5 Å². The van der Waals surface area contributed by atoms with Crippen LogP contribution in [-0.2, 0) is 9.53 Å². The highest BCUT2D eigenvalue weighted by atomic mass is 16.5. The molecule has 96 valence electrons. The van der Waals surface area contributed by atoms with Crippen LogP contribution < -0.4 is 0 Å². The maximum atomic E-state index is 12.5. The summed E-state index contributed by atoms with van der Waals surface area (Å²) in [6, 6.07) is 10.4. The lowest BCUT2D eigenvalue weighted by atomic mass is 9.99. The molecule has 3 nitrogen and oxygen atoms in total. The molecule has 1 aromatic carbocycles. The molecule has 0 N–H and O–H groups in total. The summed E-state index contributed by atoms with van der Waals surface area (Å²) in [7, 11) is 0. The molecule has 0 radical (unpaired) electrons. The Morgan fingerprint density at radius 1 is 1.28 bits per heavy atom. The van der Waals surface area contributed by atoms with Crippen LogP contribution in [0.25, 0.3) is 0 Å². The van der Waals surface area contributed by atoms with Crippen molar-refractivity contribution in [1.29, 1.82) is 0 Å². The lowest BCUT2D eigenvalue weighted by Gasteiger charge is -2.29. The number of hydrogen-bond donors (Lipinski definition) is 0. The van der Waals surface area contributed by atoms with Crippen molar-refractivity contribution in [3.05, 3.63) is 35.9 Å². The van der Waals surface area contributed by atoms with Gasteiger partial charge in [-0.1, -0.05) is 37.3 Å². The normalized spacial score (nSPS) is 31.2. The molecule has 2 aliphatic rings. The van der Waals surface area contributed by atoms with Gasteiger partial charge in [0.1, 0.15) is 0 Å². The predicted octanol–water partition coefficient (Wildman–Crippen LogP) is 2.04. The first-order chi connectivity index (χ1) is 8.72. The number of carbonyl (C=O) groups excluding carboxylic acids is 1. The first-order valence-electron chi connectivity index (χ1n) is 6.64. The quantitative estimate of drug-likeness (QED) is 0.798. The van der Waals surface area contributed by atoms with Gasteiger partial charge in [0.2, 0.25) is 5.91 Å². The second kappa shape index (κ2) is 4.39. The molecule has 2 fully saturated rings. The van der Waals surface area contributed by atoms with Gasteiger partial charge in [-0.25, -0.2) is 0 Å². The summed E-state index contributed by atoms with van der Waals surface area (Å²) in [6.45, 7) is 4.95. The van der Waals surface area contributed by atoms with Gasteiger partial charge in [0.15, 0.2) is 0 Å². The highest BCUT2D eigenvalue weighted by molar-refractivity contribution is 5.87. The minimum Gasteiger partial charge on any atom is -0.378 e. The molecule has 18 heavy (non-hydrogen) atoms. The average molecular weight is 245 g/mol. The standard InChI is InChI=1S/C15H19NO2/c1-15(14(17)16-7-9-18-10-8-16)11-13(15)12-5-3-2-4-6-12/h2-6,13H,7-11H2,1H3/t13-,15+/m1/s1. The number of morpholine rings is 1. The van der Waals surface area contributed by atoms with Crippen molar-refractivity contribution in [1.82, 2.24) is 4.90 Å². The van der Waals surface area contributed by atoms with E-state index in [0.29, 0.717) is 25.0 Å². The van der Waals surface area contributed by atoms with Crippen LogP contribution in [0.3, 0.4) is 0 Å². The zero-order valence-electron chi connectivity index (χ0n) is 10.8. The van der Waals surface area contributed by atoms with E-state index in [1.165, 1.54) is 5.56 Å². The molecule has 0 spiro atoms. The smallest absolute Gasteiger partial charge is 0.229 e. The van der Waals surface area contributed by atoms with E-state index in [4.69, 9.17) is 4.74 Å². The molecule has 1 heterocycles. The Morgan fingerprint density at radius 2 is 1.94 bits per heavy atom. The maximum Gasteiger partial charge on any atom is 0.229 e. The van der Waals surface area contributed by atoms with Gasteiger partial charge in [0, 0.05) is 13.1 Å². The van der Waals surface area contributed by atoms with Crippen LogP contribution in [-0.4, -0.2) is 37.1 Å². The molecule has 1 aliphatic carbocycles. The maximum absolute atomic E-state index is 12.5. The first-order valence-corrected chi connectivity index (χ1v) is 6.64. The third-order valence-corrected chi connectivity index (χ3v) is 4.23. The highest BCUT2D eigenvalue weighted by Gasteiger charge is 2.57. The van der Waals surface area contributed by atoms with Crippen LogP contribution >= 0.6 is 0 Å². The minimum atomic E-state index is -0.182. The third-order valence-electron chi connectivity index (χ3n) is 4.23. The fraction of sp³-hybridized carbons (Fsp3) is 0.533. The van der Waals surface area contributed by atoms with Crippen LogP contribution in [0.5, 0.6) is 0 Å². The van der Waals surface area contributed by atoms with Crippen molar-refractivity contribution >= 4 is 5.91 Å². The van der Waals surface area contributed by atoms with Crippen molar-refractivity contribution in [3.63, 3.8) is 0 Å². The second-order valence-electron chi connectivity index (χ2n) is 5.49. The Morgan fingerprint density at radius 3 is 2.61 bits per heavy atom. The number of ether oxygens (including phenoxy) is 1. The summed E-state index contributed by atoms with van der Waals surface area (Å²) < 4.78 is 5.30. The fourth-order valence-corrected chi connectivity index (χ4v) is 2.90. The lowest BCUT2D eigenvalue weighted by Crippen LogP contribution is -2.44. The minimum absolute atomic E-state index is 0.182. The monoisotopic (exact) mass is 245 g/mol. The summed E-state index contributed by atoms with van der Waals surface area (Å²) in [4.78, 5) is 14.5. The Balaban J connectivity index is 1.72. The number of hydrogen-bond acceptors (Lipinski definition) is 2. The Bertz CT molecular complexity index is 439. The topological polar surface area (TPSA) is 29.5 Å². The number of carbonyl (C=O) groups is 1. The van der Waals surface area contributed by atoms with Gasteiger partial charge in [0.25, 0.3) is 0 Å². The molecule has 0 aromatic heterocycles. The first kappa shape index (κ1) is 11.7. The van der Waals surface area contributed by atoms with Crippen LogP contribution in [0.1, 0.15) is 24.8 Å². The molecule has 1 saturated carbocycles. The van der Waals surface area contributed by atoms with Crippen molar-refractivity contribution in [2.75, 3.05) is 26.3 Å². The SMILES string of the molecule is C[C@]1(C(=O)N2CCOCC2)C[C@@H]1c1ccccc1. The largest absolute Gasteiger partial charge is 0.378 e. The van der Waals surface area contributed by atoms with Crippen molar-refractivity contribution < 1.29 is 9.53 Å². The van der Waals surface area contributed by atoms with E-state index >= 15 is 0 Å². The van der Waals surface area contributed by atoms with Crippen molar-refractivity contribution in [2.45, 2.75) is 19.3 Å². The van der Waals surface area contributed by atoms with Gasteiger partial charge in [-0.3, -0.25) is 4.79 Å². The molecule has 1 amide bonds. The van der Waals surface area contributed by atoms with E-state index in [1.807, 2.05) is 23.1 Å². The van der Waals surface area contributed by atoms with Gasteiger partial charge < -0.3 is 9.64 Å². The zero-order chi connectivity index (χ0) is 12.6. The fourth-order valence-electron chi connectivity index (χ4n) is 2.90. The number of amides is 1. The van der Waals surface area contributed by atoms with E-state index in [2.05, 4.69) is 19.1 Å². The Kier molecular flexibility index (Phi) is 2.86. The van der Waals surface area contributed by atoms with Crippen LogP contribution in [0.4, 0.5) is 0 Å². The molecule has 3 heteroatoms.